The van der Waals surface area contributed by atoms with Crippen LogP contribution in [-0.4, -0.2) is 15.6 Å². The fraction of sp³-hybridized carbons (Fsp3) is 0.312. The molecule has 110 valence electrons. The van der Waals surface area contributed by atoms with E-state index in [4.69, 9.17) is 0 Å². The van der Waals surface area contributed by atoms with E-state index in [0.29, 0.717) is 6.04 Å². The van der Waals surface area contributed by atoms with Crippen molar-refractivity contribution in [2.75, 3.05) is 0 Å². The Balaban J connectivity index is 1.94. The lowest BCUT2D eigenvalue weighted by atomic mass is 10.2. The molecule has 0 spiro atoms. The standard InChI is InChI=1S/C16H18BrN3S/c1-11(2)19-7-12-8-20(9-14-6-13(17)10-21-14)16-15(12)4-3-5-18-16/h3-6,8,10-11,19H,7,9H2,1-2H3. The summed E-state index contributed by atoms with van der Waals surface area (Å²) < 4.78 is 3.39. The summed E-state index contributed by atoms with van der Waals surface area (Å²) >= 11 is 5.29. The molecule has 3 aromatic heterocycles. The minimum absolute atomic E-state index is 0.480. The second-order valence-corrected chi connectivity index (χ2v) is 7.34. The van der Waals surface area contributed by atoms with Crippen LogP contribution in [0.25, 0.3) is 11.0 Å². The van der Waals surface area contributed by atoms with E-state index in [9.17, 15) is 0 Å². The van der Waals surface area contributed by atoms with Gasteiger partial charge >= 0.3 is 0 Å². The third-order valence-corrected chi connectivity index (χ3v) is 5.05. The largest absolute Gasteiger partial charge is 0.327 e. The molecular weight excluding hydrogens is 346 g/mol. The number of rotatable bonds is 5. The summed E-state index contributed by atoms with van der Waals surface area (Å²) in [7, 11) is 0. The molecule has 3 heterocycles. The summed E-state index contributed by atoms with van der Waals surface area (Å²) in [6.07, 6.45) is 4.09. The molecule has 1 N–H and O–H groups in total. The van der Waals surface area contributed by atoms with Crippen LogP contribution in [-0.2, 0) is 13.1 Å². The summed E-state index contributed by atoms with van der Waals surface area (Å²) in [5, 5.41) is 6.85. The molecule has 0 aliphatic heterocycles. The van der Waals surface area contributed by atoms with Gasteiger partial charge in [-0.15, -0.1) is 11.3 Å². The third-order valence-electron chi connectivity index (χ3n) is 3.37. The van der Waals surface area contributed by atoms with Gasteiger partial charge in [0.2, 0.25) is 0 Å². The molecular formula is C16H18BrN3S. The van der Waals surface area contributed by atoms with E-state index in [0.717, 1.165) is 23.2 Å². The maximum Gasteiger partial charge on any atom is 0.140 e. The minimum atomic E-state index is 0.480. The Hall–Kier alpha value is -1.17. The summed E-state index contributed by atoms with van der Waals surface area (Å²) in [5.41, 5.74) is 2.37. The molecule has 0 aliphatic carbocycles. The van der Waals surface area contributed by atoms with E-state index >= 15 is 0 Å². The van der Waals surface area contributed by atoms with Crippen molar-refractivity contribution in [2.45, 2.75) is 33.0 Å². The molecule has 0 bridgehead atoms. The number of hydrogen-bond donors (Lipinski definition) is 1. The normalized spacial score (nSPS) is 11.6. The molecule has 0 radical (unpaired) electrons. The van der Waals surface area contributed by atoms with Gasteiger partial charge in [0, 0.05) is 45.1 Å². The zero-order chi connectivity index (χ0) is 14.8. The molecule has 3 rings (SSSR count). The van der Waals surface area contributed by atoms with Crippen molar-refractivity contribution in [1.82, 2.24) is 14.9 Å². The molecule has 0 aromatic carbocycles. The average molecular weight is 364 g/mol. The third kappa shape index (κ3) is 3.36. The topological polar surface area (TPSA) is 29.9 Å². The first-order valence-corrected chi connectivity index (χ1v) is 8.70. The van der Waals surface area contributed by atoms with E-state index in [1.165, 1.54) is 15.8 Å². The van der Waals surface area contributed by atoms with Crippen LogP contribution in [0.5, 0.6) is 0 Å². The SMILES string of the molecule is CC(C)NCc1cn(Cc2cc(Br)cs2)c2ncccc12. The molecule has 0 unspecified atom stereocenters. The van der Waals surface area contributed by atoms with Crippen LogP contribution < -0.4 is 5.32 Å². The Morgan fingerprint density at radius 3 is 3.00 bits per heavy atom. The summed E-state index contributed by atoms with van der Waals surface area (Å²) in [6.45, 7) is 6.08. The van der Waals surface area contributed by atoms with Gasteiger partial charge < -0.3 is 9.88 Å². The summed E-state index contributed by atoms with van der Waals surface area (Å²) in [5.74, 6) is 0. The van der Waals surface area contributed by atoms with Crippen LogP contribution in [0.3, 0.4) is 0 Å². The lowest BCUT2D eigenvalue weighted by molar-refractivity contribution is 0.589. The molecule has 0 amide bonds. The smallest absolute Gasteiger partial charge is 0.140 e. The molecule has 5 heteroatoms. The van der Waals surface area contributed by atoms with Gasteiger partial charge in [0.1, 0.15) is 5.65 Å². The fourth-order valence-corrected chi connectivity index (χ4v) is 3.82. The van der Waals surface area contributed by atoms with Crippen LogP contribution in [0.1, 0.15) is 24.3 Å². The number of halogens is 1. The zero-order valence-corrected chi connectivity index (χ0v) is 14.5. The van der Waals surface area contributed by atoms with Crippen molar-refractivity contribution < 1.29 is 0 Å². The van der Waals surface area contributed by atoms with E-state index in [1.807, 2.05) is 12.3 Å². The van der Waals surface area contributed by atoms with Crippen molar-refractivity contribution in [1.29, 1.82) is 0 Å². The number of thiophene rings is 1. The highest BCUT2D eigenvalue weighted by atomic mass is 79.9. The molecule has 3 nitrogen and oxygen atoms in total. The van der Waals surface area contributed by atoms with Crippen LogP contribution in [0.2, 0.25) is 0 Å². The van der Waals surface area contributed by atoms with E-state index in [1.54, 1.807) is 11.3 Å². The Labute approximate surface area is 137 Å². The van der Waals surface area contributed by atoms with Gasteiger partial charge in [0.05, 0.1) is 6.54 Å². The Morgan fingerprint density at radius 2 is 2.29 bits per heavy atom. The Bertz CT molecular complexity index is 745. The fourth-order valence-electron chi connectivity index (χ4n) is 2.38. The molecule has 0 atom stereocenters. The molecule has 21 heavy (non-hydrogen) atoms. The number of hydrogen-bond acceptors (Lipinski definition) is 3. The zero-order valence-electron chi connectivity index (χ0n) is 12.1. The predicted octanol–water partition coefficient (Wildman–Crippen LogP) is 4.41. The van der Waals surface area contributed by atoms with Gasteiger partial charge in [0.15, 0.2) is 0 Å². The first kappa shape index (κ1) is 14.8. The minimum Gasteiger partial charge on any atom is -0.327 e. The highest BCUT2D eigenvalue weighted by molar-refractivity contribution is 9.10. The highest BCUT2D eigenvalue weighted by Gasteiger charge is 2.10. The average Bonchev–Trinajstić information content (AvgIpc) is 3.02. The van der Waals surface area contributed by atoms with E-state index in [2.05, 4.69) is 68.4 Å². The number of aromatic nitrogens is 2. The maximum atomic E-state index is 4.56. The number of nitrogens with one attached hydrogen (secondary N) is 1. The quantitative estimate of drug-likeness (QED) is 0.727. The van der Waals surface area contributed by atoms with Gasteiger partial charge in [-0.25, -0.2) is 4.98 Å². The van der Waals surface area contributed by atoms with Crippen molar-refractivity contribution in [3.05, 3.63) is 50.9 Å². The van der Waals surface area contributed by atoms with Crippen LogP contribution in [0, 0.1) is 0 Å². The van der Waals surface area contributed by atoms with Gasteiger partial charge in [-0.2, -0.15) is 0 Å². The lowest BCUT2D eigenvalue weighted by Crippen LogP contribution is -2.21. The van der Waals surface area contributed by atoms with Gasteiger partial charge in [-0.3, -0.25) is 0 Å². The molecule has 3 aromatic rings. The Morgan fingerprint density at radius 1 is 1.43 bits per heavy atom. The lowest BCUT2D eigenvalue weighted by Gasteiger charge is -2.06. The van der Waals surface area contributed by atoms with Crippen molar-refractivity contribution in [3.8, 4) is 0 Å². The van der Waals surface area contributed by atoms with Crippen molar-refractivity contribution in [3.63, 3.8) is 0 Å². The van der Waals surface area contributed by atoms with Crippen LogP contribution in [0.15, 0.2) is 40.4 Å². The van der Waals surface area contributed by atoms with Crippen molar-refractivity contribution in [2.24, 2.45) is 0 Å². The van der Waals surface area contributed by atoms with Crippen LogP contribution >= 0.6 is 27.3 Å². The van der Waals surface area contributed by atoms with Crippen molar-refractivity contribution >= 4 is 38.3 Å². The monoisotopic (exact) mass is 363 g/mol. The number of nitrogens with zero attached hydrogens (tertiary/aromatic N) is 2. The first-order valence-electron chi connectivity index (χ1n) is 7.02. The van der Waals surface area contributed by atoms with E-state index in [-0.39, 0.29) is 0 Å². The van der Waals surface area contributed by atoms with Crippen LogP contribution in [0.4, 0.5) is 0 Å². The first-order chi connectivity index (χ1) is 10.1. The maximum absolute atomic E-state index is 4.56. The van der Waals surface area contributed by atoms with Gasteiger partial charge in [-0.1, -0.05) is 13.8 Å². The summed E-state index contributed by atoms with van der Waals surface area (Å²) in [4.78, 5) is 5.89. The molecule has 0 saturated carbocycles. The van der Waals surface area contributed by atoms with E-state index < -0.39 is 0 Å². The highest BCUT2D eigenvalue weighted by Crippen LogP contribution is 2.24. The second-order valence-electron chi connectivity index (χ2n) is 5.42. The second kappa shape index (κ2) is 6.30. The Kier molecular flexibility index (Phi) is 4.42. The predicted molar refractivity (Wildman–Crippen MR) is 92.8 cm³/mol. The number of fused-ring (bicyclic) bond motifs is 1. The summed E-state index contributed by atoms with van der Waals surface area (Å²) in [6, 6.07) is 6.81. The number of pyridine rings is 1. The molecule has 0 aliphatic rings. The molecule has 0 fully saturated rings. The van der Waals surface area contributed by atoms with Gasteiger partial charge in [0.25, 0.3) is 0 Å². The molecule has 0 saturated heterocycles. The van der Waals surface area contributed by atoms with Gasteiger partial charge in [-0.05, 0) is 39.7 Å².